The Bertz CT molecular complexity index is 876. The van der Waals surface area contributed by atoms with E-state index in [9.17, 15) is 31.1 Å². The average Bonchev–Trinajstić information content (AvgIpc) is 3.13. The van der Waals surface area contributed by atoms with Crippen LogP contribution in [-0.4, -0.2) is 26.6 Å². The molecule has 0 radical (unpaired) electrons. The molecule has 0 unspecified atom stereocenters. The highest BCUT2D eigenvalue weighted by atomic mass is 19.4. The van der Waals surface area contributed by atoms with Gasteiger partial charge in [0.2, 0.25) is 5.91 Å². The summed E-state index contributed by atoms with van der Waals surface area (Å²) >= 11 is 0. The van der Waals surface area contributed by atoms with Crippen molar-refractivity contribution < 1.29 is 31.1 Å². The minimum Gasteiger partial charge on any atom is -0.323 e. The number of carbonyl (C=O) groups excluding carboxylic acids is 1. The predicted octanol–water partition coefficient (Wildman–Crippen LogP) is 4.01. The van der Waals surface area contributed by atoms with Crippen LogP contribution in [0.4, 0.5) is 32.0 Å². The number of nitrogens with zero attached hydrogens (tertiary/aromatic N) is 3. The molecule has 1 aliphatic carbocycles. The molecule has 11 heteroatoms. The molecule has 1 aromatic heterocycles. The monoisotopic (exact) mass is 392 g/mol. The van der Waals surface area contributed by atoms with Gasteiger partial charge in [-0.25, -0.2) is 18.2 Å². The Labute approximate surface area is 149 Å². The average molecular weight is 392 g/mol. The molecule has 1 heterocycles. The van der Waals surface area contributed by atoms with Crippen molar-refractivity contribution in [3.8, 4) is 11.4 Å². The van der Waals surface area contributed by atoms with Crippen LogP contribution in [0.25, 0.3) is 11.4 Å². The SMILES string of the molecule is Cn1cnc(-c2cc(NC(=O)[C@H]3CCCC3(F)F)c(F)cc2C(F)(F)F)n1. The molecule has 1 aromatic carbocycles. The summed E-state index contributed by atoms with van der Waals surface area (Å²) < 4.78 is 82.5. The second-order valence-corrected chi connectivity index (χ2v) is 6.31. The number of rotatable bonds is 3. The summed E-state index contributed by atoms with van der Waals surface area (Å²) in [5, 5.41) is 5.74. The lowest BCUT2D eigenvalue weighted by atomic mass is 10.0. The van der Waals surface area contributed by atoms with Gasteiger partial charge in [0.05, 0.1) is 11.3 Å². The Kier molecular flexibility index (Phi) is 4.64. The first-order valence-corrected chi connectivity index (χ1v) is 7.94. The first-order valence-electron chi connectivity index (χ1n) is 7.94. The number of aryl methyl sites for hydroxylation is 1. The Morgan fingerprint density at radius 1 is 1.33 bits per heavy atom. The van der Waals surface area contributed by atoms with Crippen LogP contribution in [0.2, 0.25) is 0 Å². The Balaban J connectivity index is 2.00. The highest BCUT2D eigenvalue weighted by Gasteiger charge is 2.48. The standard InChI is InChI=1S/C16H14F6N4O/c1-26-7-23-13(25-26)8-5-12(11(17)6-10(8)16(20,21)22)24-14(27)9-3-2-4-15(9,18)19/h5-7,9H,2-4H2,1H3,(H,24,27)/t9-/m1/s1. The number of anilines is 1. The maximum Gasteiger partial charge on any atom is 0.417 e. The topological polar surface area (TPSA) is 59.8 Å². The van der Waals surface area contributed by atoms with Gasteiger partial charge >= 0.3 is 6.18 Å². The van der Waals surface area contributed by atoms with Crippen LogP contribution in [0, 0.1) is 11.7 Å². The number of hydrogen-bond acceptors (Lipinski definition) is 3. The first kappa shape index (κ1) is 19.2. The molecule has 27 heavy (non-hydrogen) atoms. The number of nitrogens with one attached hydrogen (secondary N) is 1. The van der Waals surface area contributed by atoms with Crippen molar-refractivity contribution in [1.29, 1.82) is 0 Å². The van der Waals surface area contributed by atoms with Crippen molar-refractivity contribution in [2.24, 2.45) is 13.0 Å². The van der Waals surface area contributed by atoms with E-state index in [4.69, 9.17) is 0 Å². The van der Waals surface area contributed by atoms with Crippen molar-refractivity contribution in [2.45, 2.75) is 31.4 Å². The molecule has 1 saturated carbocycles. The molecule has 0 bridgehead atoms. The smallest absolute Gasteiger partial charge is 0.323 e. The second kappa shape index (κ2) is 6.54. The van der Waals surface area contributed by atoms with E-state index in [0.29, 0.717) is 6.07 Å². The third kappa shape index (κ3) is 3.76. The molecule has 0 saturated heterocycles. The summed E-state index contributed by atoms with van der Waals surface area (Å²) in [6.07, 6.45) is -4.18. The highest BCUT2D eigenvalue weighted by molar-refractivity contribution is 5.94. The molecule has 1 atom stereocenters. The van der Waals surface area contributed by atoms with Gasteiger partial charge in [0, 0.05) is 19.0 Å². The van der Waals surface area contributed by atoms with E-state index in [1.54, 1.807) is 0 Å². The van der Waals surface area contributed by atoms with Crippen LogP contribution in [0.3, 0.4) is 0 Å². The molecule has 146 valence electrons. The molecule has 5 nitrogen and oxygen atoms in total. The van der Waals surface area contributed by atoms with Crippen LogP contribution in [-0.2, 0) is 18.0 Å². The summed E-state index contributed by atoms with van der Waals surface area (Å²) in [5.41, 5.74) is -2.55. The summed E-state index contributed by atoms with van der Waals surface area (Å²) in [4.78, 5) is 15.8. The van der Waals surface area contributed by atoms with E-state index in [0.717, 1.165) is 11.0 Å². The fraction of sp³-hybridized carbons (Fsp3) is 0.438. The minimum absolute atomic E-state index is 0.0876. The third-order valence-corrected chi connectivity index (χ3v) is 4.34. The van der Waals surface area contributed by atoms with E-state index < -0.39 is 53.0 Å². The maximum absolute atomic E-state index is 14.2. The lowest BCUT2D eigenvalue weighted by Gasteiger charge is -2.19. The van der Waals surface area contributed by atoms with Crippen LogP contribution in [0.1, 0.15) is 24.8 Å². The molecule has 1 fully saturated rings. The normalized spacial score (nSPS) is 19.3. The number of carbonyl (C=O) groups is 1. The van der Waals surface area contributed by atoms with Crippen molar-refractivity contribution in [3.63, 3.8) is 0 Å². The molecule has 1 amide bonds. The van der Waals surface area contributed by atoms with Gasteiger partial charge in [-0.1, -0.05) is 0 Å². The Hall–Kier alpha value is -2.59. The number of aromatic nitrogens is 3. The van der Waals surface area contributed by atoms with Gasteiger partial charge in [0.1, 0.15) is 18.1 Å². The molecule has 1 N–H and O–H groups in total. The zero-order valence-electron chi connectivity index (χ0n) is 13.9. The summed E-state index contributed by atoms with van der Waals surface area (Å²) in [5.74, 6) is -7.77. The summed E-state index contributed by atoms with van der Waals surface area (Å²) in [6.45, 7) is 0. The molecule has 1 aliphatic rings. The van der Waals surface area contributed by atoms with Gasteiger partial charge in [-0.15, -0.1) is 0 Å². The fourth-order valence-electron chi connectivity index (χ4n) is 3.02. The molecule has 2 aromatic rings. The zero-order chi connectivity index (χ0) is 20.0. The number of amides is 1. The van der Waals surface area contributed by atoms with Gasteiger partial charge in [0.25, 0.3) is 5.92 Å². The maximum atomic E-state index is 14.2. The van der Waals surface area contributed by atoms with Crippen molar-refractivity contribution in [3.05, 3.63) is 29.8 Å². The molecule has 0 spiro atoms. The summed E-state index contributed by atoms with van der Waals surface area (Å²) in [6, 6.07) is 0.895. The van der Waals surface area contributed by atoms with Gasteiger partial charge < -0.3 is 5.32 Å². The van der Waals surface area contributed by atoms with Gasteiger partial charge in [0.15, 0.2) is 5.82 Å². The van der Waals surface area contributed by atoms with Gasteiger partial charge in [-0.2, -0.15) is 18.3 Å². The largest absolute Gasteiger partial charge is 0.417 e. The van der Waals surface area contributed by atoms with E-state index in [-0.39, 0.29) is 24.7 Å². The van der Waals surface area contributed by atoms with Crippen LogP contribution in [0.15, 0.2) is 18.5 Å². The lowest BCUT2D eigenvalue weighted by Crippen LogP contribution is -2.33. The highest BCUT2D eigenvalue weighted by Crippen LogP contribution is 2.42. The minimum atomic E-state index is -4.91. The second-order valence-electron chi connectivity index (χ2n) is 6.31. The first-order chi connectivity index (χ1) is 12.5. The number of hydrogen-bond donors (Lipinski definition) is 1. The van der Waals surface area contributed by atoms with Crippen LogP contribution < -0.4 is 5.32 Å². The number of halogens is 6. The lowest BCUT2D eigenvalue weighted by molar-refractivity contribution is -0.137. The van der Waals surface area contributed by atoms with Crippen molar-refractivity contribution in [2.75, 3.05) is 5.32 Å². The predicted molar refractivity (Wildman–Crippen MR) is 82.3 cm³/mol. The van der Waals surface area contributed by atoms with E-state index >= 15 is 0 Å². The van der Waals surface area contributed by atoms with E-state index in [1.165, 1.54) is 7.05 Å². The van der Waals surface area contributed by atoms with E-state index in [2.05, 4.69) is 10.1 Å². The molecule has 3 rings (SSSR count). The van der Waals surface area contributed by atoms with Crippen molar-refractivity contribution >= 4 is 11.6 Å². The quantitative estimate of drug-likeness (QED) is 0.803. The molecule has 0 aliphatic heterocycles. The summed E-state index contributed by atoms with van der Waals surface area (Å²) in [7, 11) is 1.43. The van der Waals surface area contributed by atoms with Gasteiger partial charge in [-0.05, 0) is 25.0 Å². The van der Waals surface area contributed by atoms with Crippen molar-refractivity contribution in [1.82, 2.24) is 14.8 Å². The number of alkyl halides is 5. The molecular weight excluding hydrogens is 378 g/mol. The fourth-order valence-corrected chi connectivity index (χ4v) is 3.02. The third-order valence-electron chi connectivity index (χ3n) is 4.34. The van der Waals surface area contributed by atoms with Crippen LogP contribution >= 0.6 is 0 Å². The zero-order valence-corrected chi connectivity index (χ0v) is 13.9. The Morgan fingerprint density at radius 3 is 2.56 bits per heavy atom. The van der Waals surface area contributed by atoms with Gasteiger partial charge in [-0.3, -0.25) is 9.48 Å². The molecular formula is C16H14F6N4O. The number of benzene rings is 1. The Morgan fingerprint density at radius 2 is 2.04 bits per heavy atom. The van der Waals surface area contributed by atoms with Crippen LogP contribution in [0.5, 0.6) is 0 Å². The van der Waals surface area contributed by atoms with E-state index in [1.807, 2.05) is 5.32 Å².